The maximum Gasteiger partial charge on any atom is 0.417 e. The Kier molecular flexibility index (Phi) is 3.71. The van der Waals surface area contributed by atoms with Crippen LogP contribution in [0.25, 0.3) is 5.82 Å². The highest BCUT2D eigenvalue weighted by Crippen LogP contribution is 2.29. The van der Waals surface area contributed by atoms with Gasteiger partial charge in [0.25, 0.3) is 0 Å². The van der Waals surface area contributed by atoms with Crippen LogP contribution in [0.4, 0.5) is 13.2 Å². The molecule has 0 atom stereocenters. The number of aromatic carboxylic acids is 1. The van der Waals surface area contributed by atoms with Crippen LogP contribution < -0.4 is 0 Å². The number of pyridine rings is 1. The Morgan fingerprint density at radius 2 is 1.95 bits per heavy atom. The number of carboxylic acids is 1. The Bertz CT molecular complexity index is 660. The van der Waals surface area contributed by atoms with Gasteiger partial charge < -0.3 is 5.11 Å². The van der Waals surface area contributed by atoms with Crippen molar-refractivity contribution in [1.29, 1.82) is 0 Å². The van der Waals surface area contributed by atoms with Gasteiger partial charge in [0.1, 0.15) is 5.56 Å². The van der Waals surface area contributed by atoms with Crippen molar-refractivity contribution in [2.45, 2.75) is 25.9 Å². The molecule has 112 valence electrons. The molecular formula is C13H12F3N3O2. The van der Waals surface area contributed by atoms with Crippen LogP contribution in [-0.2, 0) is 6.18 Å². The van der Waals surface area contributed by atoms with Crippen LogP contribution in [0.5, 0.6) is 0 Å². The number of aromatic nitrogens is 3. The summed E-state index contributed by atoms with van der Waals surface area (Å²) in [6, 6.07) is 2.04. The van der Waals surface area contributed by atoms with Crippen LogP contribution in [0, 0.1) is 0 Å². The maximum atomic E-state index is 12.5. The average molecular weight is 299 g/mol. The monoisotopic (exact) mass is 299 g/mol. The standard InChI is InChI=1S/C13H12F3N3O2/c1-7(2)11-9(12(20)21)6-18-19(11)10-4-3-8(5-17-10)13(14,15)16/h3-7H,1-2H3,(H,20,21). The van der Waals surface area contributed by atoms with Crippen LogP contribution >= 0.6 is 0 Å². The zero-order chi connectivity index (χ0) is 15.8. The van der Waals surface area contributed by atoms with Crippen molar-refractivity contribution in [3.63, 3.8) is 0 Å². The van der Waals surface area contributed by atoms with E-state index in [1.54, 1.807) is 13.8 Å². The molecule has 0 aromatic carbocycles. The van der Waals surface area contributed by atoms with Gasteiger partial charge in [-0.3, -0.25) is 0 Å². The molecular weight excluding hydrogens is 287 g/mol. The summed E-state index contributed by atoms with van der Waals surface area (Å²) in [5, 5.41) is 13.0. The van der Waals surface area contributed by atoms with Gasteiger partial charge in [0.15, 0.2) is 5.82 Å². The van der Waals surface area contributed by atoms with Crippen molar-refractivity contribution in [3.05, 3.63) is 41.3 Å². The van der Waals surface area contributed by atoms with Crippen molar-refractivity contribution in [1.82, 2.24) is 14.8 Å². The van der Waals surface area contributed by atoms with Crippen LogP contribution in [0.3, 0.4) is 0 Å². The Labute approximate surface area is 118 Å². The molecule has 0 amide bonds. The van der Waals surface area contributed by atoms with Crippen LogP contribution in [0.15, 0.2) is 24.5 Å². The van der Waals surface area contributed by atoms with Gasteiger partial charge in [-0.1, -0.05) is 13.8 Å². The molecule has 0 aliphatic carbocycles. The van der Waals surface area contributed by atoms with Gasteiger partial charge >= 0.3 is 12.1 Å². The third kappa shape index (κ3) is 2.88. The molecule has 0 bridgehead atoms. The Morgan fingerprint density at radius 3 is 2.38 bits per heavy atom. The van der Waals surface area contributed by atoms with Gasteiger partial charge in [-0.2, -0.15) is 18.3 Å². The smallest absolute Gasteiger partial charge is 0.417 e. The second-order valence-corrected chi connectivity index (χ2v) is 4.72. The summed E-state index contributed by atoms with van der Waals surface area (Å²) in [6.45, 7) is 3.54. The van der Waals surface area contributed by atoms with E-state index in [9.17, 15) is 18.0 Å². The molecule has 0 unspecified atom stereocenters. The van der Waals surface area contributed by atoms with E-state index in [1.165, 1.54) is 4.68 Å². The predicted molar refractivity (Wildman–Crippen MR) is 67.4 cm³/mol. The summed E-state index contributed by atoms with van der Waals surface area (Å²) in [5.74, 6) is -1.18. The SMILES string of the molecule is CC(C)c1c(C(=O)O)cnn1-c1ccc(C(F)(F)F)cn1. The highest BCUT2D eigenvalue weighted by Gasteiger charge is 2.31. The third-order valence-electron chi connectivity index (χ3n) is 2.88. The quantitative estimate of drug-likeness (QED) is 0.945. The molecule has 0 spiro atoms. The lowest BCUT2D eigenvalue weighted by molar-refractivity contribution is -0.137. The van der Waals surface area contributed by atoms with E-state index in [2.05, 4.69) is 10.1 Å². The third-order valence-corrected chi connectivity index (χ3v) is 2.88. The highest BCUT2D eigenvalue weighted by molar-refractivity contribution is 5.89. The number of carboxylic acid groups (broad SMARTS) is 1. The largest absolute Gasteiger partial charge is 0.478 e. The van der Waals surface area contributed by atoms with E-state index < -0.39 is 17.7 Å². The molecule has 0 radical (unpaired) electrons. The van der Waals surface area contributed by atoms with E-state index in [0.29, 0.717) is 11.9 Å². The minimum absolute atomic E-state index is 0.00620. The average Bonchev–Trinajstić information content (AvgIpc) is 2.82. The Balaban J connectivity index is 2.50. The lowest BCUT2D eigenvalue weighted by atomic mass is 10.1. The summed E-state index contributed by atoms with van der Waals surface area (Å²) < 4.78 is 38.7. The minimum Gasteiger partial charge on any atom is -0.478 e. The number of halogens is 3. The van der Waals surface area contributed by atoms with Crippen molar-refractivity contribution >= 4 is 5.97 Å². The van der Waals surface area contributed by atoms with E-state index in [-0.39, 0.29) is 17.3 Å². The predicted octanol–water partition coefficient (Wildman–Crippen LogP) is 3.11. The van der Waals surface area contributed by atoms with E-state index in [4.69, 9.17) is 5.11 Å². The van der Waals surface area contributed by atoms with Gasteiger partial charge in [0.05, 0.1) is 17.5 Å². The van der Waals surface area contributed by atoms with Crippen molar-refractivity contribution in [2.75, 3.05) is 0 Å². The number of hydrogen-bond acceptors (Lipinski definition) is 3. The molecule has 0 fully saturated rings. The molecule has 2 aromatic rings. The summed E-state index contributed by atoms with van der Waals surface area (Å²) in [7, 11) is 0. The zero-order valence-corrected chi connectivity index (χ0v) is 11.2. The normalized spacial score (nSPS) is 11.9. The number of alkyl halides is 3. The first-order chi connectivity index (χ1) is 9.71. The van der Waals surface area contributed by atoms with Gasteiger partial charge in [-0.25, -0.2) is 14.5 Å². The van der Waals surface area contributed by atoms with E-state index in [0.717, 1.165) is 18.3 Å². The van der Waals surface area contributed by atoms with Crippen LogP contribution in [-0.4, -0.2) is 25.8 Å². The highest BCUT2D eigenvalue weighted by atomic mass is 19.4. The number of nitrogens with zero attached hydrogens (tertiary/aromatic N) is 3. The number of hydrogen-bond donors (Lipinski definition) is 1. The summed E-state index contributed by atoms with van der Waals surface area (Å²) in [6.07, 6.45) is -2.61. The number of rotatable bonds is 3. The van der Waals surface area contributed by atoms with Crippen LogP contribution in [0.1, 0.15) is 41.4 Å². The van der Waals surface area contributed by atoms with Gasteiger partial charge in [-0.05, 0) is 18.1 Å². The molecule has 0 aliphatic rings. The molecule has 5 nitrogen and oxygen atoms in total. The molecule has 2 rings (SSSR count). The first kappa shape index (κ1) is 15.0. The molecule has 8 heteroatoms. The van der Waals surface area contributed by atoms with Gasteiger partial charge in [-0.15, -0.1) is 0 Å². The molecule has 21 heavy (non-hydrogen) atoms. The fourth-order valence-corrected chi connectivity index (χ4v) is 1.94. The maximum absolute atomic E-state index is 12.5. The molecule has 2 heterocycles. The van der Waals surface area contributed by atoms with Crippen molar-refractivity contribution < 1.29 is 23.1 Å². The van der Waals surface area contributed by atoms with E-state index >= 15 is 0 Å². The summed E-state index contributed by atoms with van der Waals surface area (Å²) >= 11 is 0. The summed E-state index contributed by atoms with van der Waals surface area (Å²) in [5.41, 5.74) is -0.482. The topological polar surface area (TPSA) is 68.0 Å². The fourth-order valence-electron chi connectivity index (χ4n) is 1.94. The van der Waals surface area contributed by atoms with Crippen LogP contribution in [0.2, 0.25) is 0 Å². The summed E-state index contributed by atoms with van der Waals surface area (Å²) in [4.78, 5) is 14.9. The Morgan fingerprint density at radius 1 is 1.29 bits per heavy atom. The first-order valence-corrected chi connectivity index (χ1v) is 6.06. The fraction of sp³-hybridized carbons (Fsp3) is 0.308. The minimum atomic E-state index is -4.47. The first-order valence-electron chi connectivity index (χ1n) is 6.06. The second-order valence-electron chi connectivity index (χ2n) is 4.72. The molecule has 0 saturated carbocycles. The Hall–Kier alpha value is -2.38. The van der Waals surface area contributed by atoms with Crippen molar-refractivity contribution in [2.24, 2.45) is 0 Å². The van der Waals surface area contributed by atoms with E-state index in [1.807, 2.05) is 0 Å². The second kappa shape index (κ2) is 5.19. The van der Waals surface area contributed by atoms with Gasteiger partial charge in [0, 0.05) is 6.20 Å². The zero-order valence-electron chi connectivity index (χ0n) is 11.2. The van der Waals surface area contributed by atoms with Crippen molar-refractivity contribution in [3.8, 4) is 5.82 Å². The number of carbonyl (C=O) groups is 1. The lowest BCUT2D eigenvalue weighted by Crippen LogP contribution is -2.11. The molecule has 0 saturated heterocycles. The van der Waals surface area contributed by atoms with Gasteiger partial charge in [0.2, 0.25) is 0 Å². The molecule has 0 aliphatic heterocycles. The molecule has 1 N–H and O–H groups in total. The lowest BCUT2D eigenvalue weighted by Gasteiger charge is -2.12. The molecule has 2 aromatic heterocycles.